The lowest BCUT2D eigenvalue weighted by atomic mass is 9.93. The van der Waals surface area contributed by atoms with Gasteiger partial charge in [-0.2, -0.15) is 0 Å². The van der Waals surface area contributed by atoms with Crippen LogP contribution in [-0.2, 0) is 0 Å². The van der Waals surface area contributed by atoms with Crippen molar-refractivity contribution in [2.24, 2.45) is 11.8 Å². The number of rotatable bonds is 5. The second kappa shape index (κ2) is 6.58. The molecule has 1 heterocycles. The highest BCUT2D eigenvalue weighted by Gasteiger charge is 2.28. The van der Waals surface area contributed by atoms with Crippen molar-refractivity contribution in [2.75, 3.05) is 13.1 Å². The van der Waals surface area contributed by atoms with Crippen LogP contribution in [0.1, 0.15) is 26.7 Å². The fraction of sp³-hybridized carbons (Fsp3) is 0.600. The van der Waals surface area contributed by atoms with Crippen LogP contribution in [0.15, 0.2) is 18.2 Å². The van der Waals surface area contributed by atoms with E-state index in [9.17, 15) is 4.39 Å². The molecule has 0 saturated carbocycles. The molecule has 1 N–H and O–H groups in total. The smallest absolute Gasteiger partial charge is 0.183 e. The van der Waals surface area contributed by atoms with Gasteiger partial charge in [0.25, 0.3) is 0 Å². The van der Waals surface area contributed by atoms with Crippen molar-refractivity contribution in [3.63, 3.8) is 0 Å². The van der Waals surface area contributed by atoms with Gasteiger partial charge < -0.3 is 10.1 Å². The first-order valence-electron chi connectivity index (χ1n) is 6.89. The predicted octanol–water partition coefficient (Wildman–Crippen LogP) is 3.88. The molecule has 4 heteroatoms. The average Bonchev–Trinajstić information content (AvgIpc) is 2.87. The van der Waals surface area contributed by atoms with Gasteiger partial charge in [-0.25, -0.2) is 4.39 Å². The van der Waals surface area contributed by atoms with Crippen LogP contribution in [0.4, 0.5) is 4.39 Å². The minimum absolute atomic E-state index is 0.0444. The zero-order valence-electron chi connectivity index (χ0n) is 11.5. The Morgan fingerprint density at radius 3 is 2.89 bits per heavy atom. The van der Waals surface area contributed by atoms with Crippen molar-refractivity contribution in [3.8, 4) is 5.75 Å². The first-order chi connectivity index (χ1) is 9.08. The Morgan fingerprint density at radius 1 is 1.47 bits per heavy atom. The van der Waals surface area contributed by atoms with Gasteiger partial charge in [-0.3, -0.25) is 0 Å². The Labute approximate surface area is 119 Å². The highest BCUT2D eigenvalue weighted by molar-refractivity contribution is 6.30. The fourth-order valence-electron chi connectivity index (χ4n) is 2.53. The first kappa shape index (κ1) is 14.6. The van der Waals surface area contributed by atoms with Crippen LogP contribution < -0.4 is 10.1 Å². The van der Waals surface area contributed by atoms with Gasteiger partial charge in [-0.15, -0.1) is 0 Å². The second-order valence-corrected chi connectivity index (χ2v) is 6.00. The van der Waals surface area contributed by atoms with E-state index in [2.05, 4.69) is 19.2 Å². The monoisotopic (exact) mass is 285 g/mol. The Hall–Kier alpha value is -0.800. The van der Waals surface area contributed by atoms with Crippen molar-refractivity contribution in [2.45, 2.75) is 32.8 Å². The molecule has 1 fully saturated rings. The van der Waals surface area contributed by atoms with Crippen LogP contribution >= 0.6 is 11.6 Å². The molecular weight excluding hydrogens is 265 g/mol. The maximum Gasteiger partial charge on any atom is 0.183 e. The quantitative estimate of drug-likeness (QED) is 0.886. The minimum atomic E-state index is -0.455. The lowest BCUT2D eigenvalue weighted by Crippen LogP contribution is -2.30. The van der Waals surface area contributed by atoms with E-state index in [0.29, 0.717) is 11.8 Å². The summed E-state index contributed by atoms with van der Waals surface area (Å²) in [5.41, 5.74) is 0. The zero-order chi connectivity index (χ0) is 13.8. The number of nitrogens with one attached hydrogen (secondary N) is 1. The lowest BCUT2D eigenvalue weighted by molar-refractivity contribution is 0.114. The Morgan fingerprint density at radius 2 is 2.26 bits per heavy atom. The molecular formula is C15H21ClFNO. The van der Waals surface area contributed by atoms with E-state index < -0.39 is 5.82 Å². The minimum Gasteiger partial charge on any atom is -0.487 e. The molecule has 2 rings (SSSR count). The van der Waals surface area contributed by atoms with E-state index in [1.54, 1.807) is 18.2 Å². The third-order valence-electron chi connectivity index (χ3n) is 3.52. The molecule has 1 aromatic carbocycles. The molecule has 0 radical (unpaired) electrons. The Kier molecular flexibility index (Phi) is 5.06. The van der Waals surface area contributed by atoms with Crippen LogP contribution in [-0.4, -0.2) is 19.2 Å². The summed E-state index contributed by atoms with van der Waals surface area (Å²) >= 11 is 5.80. The van der Waals surface area contributed by atoms with E-state index in [1.807, 2.05) is 0 Å². The van der Waals surface area contributed by atoms with Crippen LogP contribution in [0, 0.1) is 17.7 Å². The van der Waals surface area contributed by atoms with Gasteiger partial charge in [0.2, 0.25) is 0 Å². The summed E-state index contributed by atoms with van der Waals surface area (Å²) in [5.74, 6) is 0.780. The highest BCUT2D eigenvalue weighted by atomic mass is 35.5. The van der Waals surface area contributed by atoms with E-state index in [0.717, 1.165) is 25.9 Å². The van der Waals surface area contributed by atoms with E-state index in [1.165, 1.54) is 0 Å². The first-order valence-corrected chi connectivity index (χ1v) is 7.27. The molecule has 2 atom stereocenters. The third-order valence-corrected chi connectivity index (χ3v) is 3.81. The average molecular weight is 286 g/mol. The van der Waals surface area contributed by atoms with Crippen molar-refractivity contribution in [3.05, 3.63) is 29.0 Å². The van der Waals surface area contributed by atoms with Crippen molar-refractivity contribution in [1.29, 1.82) is 0 Å². The van der Waals surface area contributed by atoms with Crippen molar-refractivity contribution in [1.82, 2.24) is 5.32 Å². The molecule has 0 aromatic heterocycles. The second-order valence-electron chi connectivity index (χ2n) is 5.59. The van der Waals surface area contributed by atoms with E-state index in [-0.39, 0.29) is 16.9 Å². The van der Waals surface area contributed by atoms with Gasteiger partial charge in [-0.05, 0) is 37.4 Å². The lowest BCUT2D eigenvalue weighted by Gasteiger charge is -2.26. The molecule has 1 saturated heterocycles. The molecule has 106 valence electrons. The van der Waals surface area contributed by atoms with Crippen LogP contribution in [0.25, 0.3) is 0 Å². The van der Waals surface area contributed by atoms with Gasteiger partial charge in [0.05, 0.1) is 5.02 Å². The molecule has 1 aromatic rings. The van der Waals surface area contributed by atoms with Gasteiger partial charge in [0.1, 0.15) is 6.10 Å². The molecule has 1 aliphatic heterocycles. The predicted molar refractivity (Wildman–Crippen MR) is 76.3 cm³/mol. The molecule has 0 amide bonds. The van der Waals surface area contributed by atoms with Crippen LogP contribution in [0.2, 0.25) is 5.02 Å². The highest BCUT2D eigenvalue weighted by Crippen LogP contribution is 2.29. The Bertz CT molecular complexity index is 419. The maximum atomic E-state index is 13.9. The van der Waals surface area contributed by atoms with Crippen LogP contribution in [0.5, 0.6) is 5.75 Å². The van der Waals surface area contributed by atoms with Crippen molar-refractivity contribution >= 4 is 11.6 Å². The number of halogens is 2. The maximum absolute atomic E-state index is 13.9. The van der Waals surface area contributed by atoms with Crippen LogP contribution in [0.3, 0.4) is 0 Å². The number of ether oxygens (including phenoxy) is 1. The summed E-state index contributed by atoms with van der Waals surface area (Å²) in [5, 5.41) is 3.45. The van der Waals surface area contributed by atoms with E-state index in [4.69, 9.17) is 16.3 Å². The molecule has 0 bridgehead atoms. The normalized spacial score (nSPS) is 20.8. The number of hydrogen-bond acceptors (Lipinski definition) is 2. The molecule has 1 aliphatic rings. The summed E-state index contributed by atoms with van der Waals surface area (Å²) in [6.45, 7) is 6.28. The molecule has 19 heavy (non-hydrogen) atoms. The third kappa shape index (κ3) is 3.83. The number of benzene rings is 1. The standard InChI is InChI=1S/C15H21ClFNO/c1-10(2)8-14(11-6-7-18-9-11)19-13-5-3-4-12(16)15(13)17/h3-5,10-11,14,18H,6-9H2,1-2H3/t11-,14+/m0/s1. The molecule has 0 aliphatic carbocycles. The topological polar surface area (TPSA) is 21.3 Å². The Balaban J connectivity index is 2.12. The summed E-state index contributed by atoms with van der Waals surface area (Å²) in [4.78, 5) is 0. The summed E-state index contributed by atoms with van der Waals surface area (Å²) in [6, 6.07) is 4.91. The van der Waals surface area contributed by atoms with Gasteiger partial charge in [-0.1, -0.05) is 31.5 Å². The largest absolute Gasteiger partial charge is 0.487 e. The van der Waals surface area contributed by atoms with Crippen molar-refractivity contribution < 1.29 is 9.13 Å². The SMILES string of the molecule is CC(C)C[C@@H](Oc1cccc(Cl)c1F)[C@H]1CCNC1. The zero-order valence-corrected chi connectivity index (χ0v) is 12.2. The van der Waals surface area contributed by atoms with Gasteiger partial charge in [0, 0.05) is 12.5 Å². The molecule has 2 nitrogen and oxygen atoms in total. The molecule has 0 spiro atoms. The summed E-state index contributed by atoms with van der Waals surface area (Å²) < 4.78 is 19.8. The van der Waals surface area contributed by atoms with Gasteiger partial charge >= 0.3 is 0 Å². The number of hydrogen-bond donors (Lipinski definition) is 1. The van der Waals surface area contributed by atoms with E-state index >= 15 is 0 Å². The molecule has 0 unspecified atom stereocenters. The fourth-order valence-corrected chi connectivity index (χ4v) is 2.70. The summed E-state index contributed by atoms with van der Waals surface area (Å²) in [6.07, 6.45) is 2.06. The summed E-state index contributed by atoms with van der Waals surface area (Å²) in [7, 11) is 0. The van der Waals surface area contributed by atoms with Gasteiger partial charge in [0.15, 0.2) is 11.6 Å².